The molecule has 0 aliphatic carbocycles. The minimum atomic E-state index is -0.218. The van der Waals surface area contributed by atoms with Gasteiger partial charge in [0.1, 0.15) is 11.3 Å². The summed E-state index contributed by atoms with van der Waals surface area (Å²) in [5.41, 5.74) is 3.71. The molecule has 0 spiro atoms. The zero-order valence-corrected chi connectivity index (χ0v) is 12.7. The van der Waals surface area contributed by atoms with Crippen LogP contribution in [0.1, 0.15) is 23.7 Å². The fraction of sp³-hybridized carbons (Fsp3) is 0.200. The number of benzene rings is 1. The molecule has 2 aromatic heterocycles. The lowest BCUT2D eigenvalue weighted by atomic mass is 10.2. The van der Waals surface area contributed by atoms with Crippen molar-refractivity contribution in [2.75, 3.05) is 0 Å². The maximum Gasteiger partial charge on any atom is 0.164 e. The Balaban J connectivity index is 2.31. The second-order valence-corrected chi connectivity index (χ2v) is 5.84. The topological polar surface area (TPSA) is 30.7 Å². The van der Waals surface area contributed by atoms with Crippen LogP contribution in [0.3, 0.4) is 0 Å². The second kappa shape index (κ2) is 5.08. The molecule has 20 heavy (non-hydrogen) atoms. The normalized spacial score (nSPS) is 12.8. The van der Waals surface area contributed by atoms with Gasteiger partial charge in [-0.1, -0.05) is 29.3 Å². The largest absolute Gasteiger partial charge is 0.279 e. The zero-order valence-electron chi connectivity index (χ0n) is 11.1. The number of alkyl halides is 1. The summed E-state index contributed by atoms with van der Waals surface area (Å²) < 4.78 is 1.97. The molecular formula is C15H13Cl2N3. The van der Waals surface area contributed by atoms with Crippen LogP contribution in [0.25, 0.3) is 16.9 Å². The van der Waals surface area contributed by atoms with Crippen LogP contribution in [0.4, 0.5) is 0 Å². The lowest BCUT2D eigenvalue weighted by molar-refractivity contribution is 0.876. The summed E-state index contributed by atoms with van der Waals surface area (Å²) in [6.45, 7) is 3.95. The summed E-state index contributed by atoms with van der Waals surface area (Å²) >= 11 is 12.2. The maximum absolute atomic E-state index is 6.26. The van der Waals surface area contributed by atoms with Gasteiger partial charge < -0.3 is 0 Å². The molecule has 0 fully saturated rings. The first-order valence-electron chi connectivity index (χ1n) is 6.31. The molecule has 3 nitrogen and oxygen atoms in total. The molecule has 0 aliphatic rings. The Morgan fingerprint density at radius 3 is 2.55 bits per heavy atom. The van der Waals surface area contributed by atoms with Crippen LogP contribution in [-0.2, 0) is 0 Å². The molecule has 0 bridgehead atoms. The van der Waals surface area contributed by atoms with Gasteiger partial charge in [-0.2, -0.15) is 0 Å². The maximum atomic E-state index is 6.26. The predicted octanol–water partition coefficient (Wildman–Crippen LogP) is 4.68. The second-order valence-electron chi connectivity index (χ2n) is 4.75. The summed E-state index contributed by atoms with van der Waals surface area (Å²) in [5, 5.41) is 0.351. The molecule has 3 aromatic rings. The van der Waals surface area contributed by atoms with Gasteiger partial charge in [-0.15, -0.1) is 11.6 Å². The first-order chi connectivity index (χ1) is 9.56. The van der Waals surface area contributed by atoms with E-state index in [1.54, 1.807) is 12.3 Å². The smallest absolute Gasteiger partial charge is 0.164 e. The van der Waals surface area contributed by atoms with E-state index in [-0.39, 0.29) is 5.38 Å². The highest BCUT2D eigenvalue weighted by atomic mass is 35.5. The molecule has 2 heterocycles. The molecule has 1 atom stereocenters. The Labute approximate surface area is 127 Å². The SMILES string of the molecule is Cc1ccc(-n2c(C(C)Cl)nc3cc(Cl)cnc32)cc1. The van der Waals surface area contributed by atoms with Gasteiger partial charge in [0.2, 0.25) is 0 Å². The highest BCUT2D eigenvalue weighted by molar-refractivity contribution is 6.31. The Bertz CT molecular complexity index is 761. The fourth-order valence-electron chi connectivity index (χ4n) is 2.17. The third kappa shape index (κ3) is 2.28. The van der Waals surface area contributed by atoms with Crippen molar-refractivity contribution >= 4 is 34.4 Å². The van der Waals surface area contributed by atoms with E-state index in [1.807, 2.05) is 23.6 Å². The van der Waals surface area contributed by atoms with E-state index in [2.05, 4.69) is 29.0 Å². The third-order valence-electron chi connectivity index (χ3n) is 3.14. The van der Waals surface area contributed by atoms with E-state index in [1.165, 1.54) is 5.56 Å². The standard InChI is InChI=1S/C15H13Cl2N3/c1-9-3-5-12(6-4-9)20-14(10(2)16)19-13-7-11(17)8-18-15(13)20/h3-8,10H,1-2H3. The van der Waals surface area contributed by atoms with Crippen molar-refractivity contribution in [2.24, 2.45) is 0 Å². The van der Waals surface area contributed by atoms with Crippen LogP contribution in [0, 0.1) is 6.92 Å². The number of rotatable bonds is 2. The lowest BCUT2D eigenvalue weighted by Gasteiger charge is -2.10. The van der Waals surface area contributed by atoms with Crippen molar-refractivity contribution < 1.29 is 0 Å². The van der Waals surface area contributed by atoms with E-state index in [9.17, 15) is 0 Å². The molecule has 0 radical (unpaired) electrons. The van der Waals surface area contributed by atoms with Crippen LogP contribution >= 0.6 is 23.2 Å². The van der Waals surface area contributed by atoms with Gasteiger partial charge >= 0.3 is 0 Å². The van der Waals surface area contributed by atoms with E-state index >= 15 is 0 Å². The average molecular weight is 306 g/mol. The summed E-state index contributed by atoms with van der Waals surface area (Å²) in [6, 6.07) is 9.99. The Morgan fingerprint density at radius 2 is 1.90 bits per heavy atom. The molecule has 3 rings (SSSR count). The number of nitrogens with zero attached hydrogens (tertiary/aromatic N) is 3. The van der Waals surface area contributed by atoms with Crippen LogP contribution in [0.15, 0.2) is 36.5 Å². The Hall–Kier alpha value is -1.58. The van der Waals surface area contributed by atoms with Crippen LogP contribution in [0.5, 0.6) is 0 Å². The van der Waals surface area contributed by atoms with Crippen LogP contribution < -0.4 is 0 Å². The zero-order chi connectivity index (χ0) is 14.3. The molecule has 5 heteroatoms. The number of halogens is 2. The summed E-state index contributed by atoms with van der Waals surface area (Å²) in [7, 11) is 0. The Kier molecular flexibility index (Phi) is 3.40. The molecule has 0 saturated carbocycles. The molecule has 0 amide bonds. The van der Waals surface area contributed by atoms with Gasteiger partial charge in [-0.25, -0.2) is 9.97 Å². The molecule has 0 N–H and O–H groups in total. The summed E-state index contributed by atoms with van der Waals surface area (Å²) in [6.07, 6.45) is 1.62. The number of fused-ring (bicyclic) bond motifs is 1. The number of hydrogen-bond acceptors (Lipinski definition) is 2. The summed E-state index contributed by atoms with van der Waals surface area (Å²) in [4.78, 5) is 8.95. The highest BCUT2D eigenvalue weighted by Gasteiger charge is 2.17. The molecule has 0 aliphatic heterocycles. The monoisotopic (exact) mass is 305 g/mol. The van der Waals surface area contributed by atoms with Gasteiger partial charge in [0, 0.05) is 11.9 Å². The number of pyridine rings is 1. The van der Waals surface area contributed by atoms with Crippen molar-refractivity contribution in [2.45, 2.75) is 19.2 Å². The summed E-state index contributed by atoms with van der Waals surface area (Å²) in [5.74, 6) is 0.764. The van der Waals surface area contributed by atoms with Gasteiger partial charge in [-0.3, -0.25) is 4.57 Å². The molecule has 102 valence electrons. The Morgan fingerprint density at radius 1 is 1.20 bits per heavy atom. The lowest BCUT2D eigenvalue weighted by Crippen LogP contribution is -2.02. The predicted molar refractivity (Wildman–Crippen MR) is 82.9 cm³/mol. The third-order valence-corrected chi connectivity index (χ3v) is 3.54. The van der Waals surface area contributed by atoms with Crippen molar-refractivity contribution in [1.82, 2.24) is 14.5 Å². The molecule has 1 aromatic carbocycles. The minimum Gasteiger partial charge on any atom is -0.279 e. The van der Waals surface area contributed by atoms with Crippen LogP contribution in [0.2, 0.25) is 5.02 Å². The van der Waals surface area contributed by atoms with E-state index < -0.39 is 0 Å². The van der Waals surface area contributed by atoms with E-state index in [0.29, 0.717) is 5.02 Å². The first-order valence-corrected chi connectivity index (χ1v) is 7.12. The number of aromatic nitrogens is 3. The quantitative estimate of drug-likeness (QED) is 0.643. The molecular weight excluding hydrogens is 293 g/mol. The number of imidazole rings is 1. The highest BCUT2D eigenvalue weighted by Crippen LogP contribution is 2.28. The number of hydrogen-bond donors (Lipinski definition) is 0. The fourth-order valence-corrected chi connectivity index (χ4v) is 2.47. The van der Waals surface area contributed by atoms with Gasteiger partial charge in [0.15, 0.2) is 5.65 Å². The minimum absolute atomic E-state index is 0.218. The molecule has 0 saturated heterocycles. The van der Waals surface area contributed by atoms with Crippen molar-refractivity contribution in [1.29, 1.82) is 0 Å². The number of aryl methyl sites for hydroxylation is 1. The van der Waals surface area contributed by atoms with Crippen molar-refractivity contribution in [3.05, 3.63) is 52.9 Å². The van der Waals surface area contributed by atoms with Crippen molar-refractivity contribution in [3.8, 4) is 5.69 Å². The first kappa shape index (κ1) is 13.4. The van der Waals surface area contributed by atoms with Gasteiger partial charge in [-0.05, 0) is 32.0 Å². The van der Waals surface area contributed by atoms with Crippen molar-refractivity contribution in [3.63, 3.8) is 0 Å². The average Bonchev–Trinajstić information content (AvgIpc) is 2.78. The van der Waals surface area contributed by atoms with E-state index in [0.717, 1.165) is 22.7 Å². The molecule has 1 unspecified atom stereocenters. The van der Waals surface area contributed by atoms with Gasteiger partial charge in [0.25, 0.3) is 0 Å². The van der Waals surface area contributed by atoms with E-state index in [4.69, 9.17) is 23.2 Å². The van der Waals surface area contributed by atoms with Gasteiger partial charge in [0.05, 0.1) is 10.4 Å². The van der Waals surface area contributed by atoms with Crippen LogP contribution in [-0.4, -0.2) is 14.5 Å².